The number of nitrogens with one attached hydrogen (secondary N) is 1. The maximum atomic E-state index is 12.3. The minimum absolute atomic E-state index is 0.0470. The number of hydrogen-bond donors (Lipinski definition) is 1. The molecule has 0 saturated carbocycles. The molecule has 70 heavy (non-hydrogen) atoms. The summed E-state index contributed by atoms with van der Waals surface area (Å²) in [6.07, 6.45) is -9.55. The van der Waals surface area contributed by atoms with E-state index in [-0.39, 0.29) is 52.5 Å². The predicted molar refractivity (Wildman–Crippen MR) is 236 cm³/mol. The average molecular weight is 977 g/mol. The first-order valence-corrected chi connectivity index (χ1v) is 20.5. The van der Waals surface area contributed by atoms with E-state index in [9.17, 15) is 35.9 Å². The van der Waals surface area contributed by atoms with Crippen molar-refractivity contribution in [1.29, 1.82) is 0 Å². The molecule has 0 unspecified atom stereocenters. The highest BCUT2D eigenvalue weighted by Gasteiger charge is 2.32. The molecule has 0 bridgehead atoms. The lowest BCUT2D eigenvalue weighted by Crippen LogP contribution is -2.21. The molecular formula is C45H42F6N12O7. The molecule has 1 amide bonds. The van der Waals surface area contributed by atoms with Crippen molar-refractivity contribution in [1.82, 2.24) is 60.0 Å². The number of carbonyl (C=O) groups excluding carboxylic acids is 2. The lowest BCUT2D eigenvalue weighted by atomic mass is 10.1. The van der Waals surface area contributed by atoms with Crippen molar-refractivity contribution < 1.29 is 59.2 Å². The number of esters is 1. The molecule has 366 valence electrons. The molecule has 0 aliphatic carbocycles. The second-order valence-electron chi connectivity index (χ2n) is 14.9. The zero-order valence-electron chi connectivity index (χ0n) is 38.2. The summed E-state index contributed by atoms with van der Waals surface area (Å²) in [6.45, 7) is 4.22. The number of rotatable bonds is 12. The highest BCUT2D eigenvalue weighted by atomic mass is 19.4. The number of alkyl halides is 6. The highest BCUT2D eigenvalue weighted by Crippen LogP contribution is 2.28. The van der Waals surface area contributed by atoms with E-state index in [0.717, 1.165) is 35.4 Å². The second kappa shape index (κ2) is 22.1. The molecule has 0 fully saturated rings. The van der Waals surface area contributed by atoms with E-state index < -0.39 is 18.7 Å². The fourth-order valence-electron chi connectivity index (χ4n) is 6.12. The summed E-state index contributed by atoms with van der Waals surface area (Å²) < 4.78 is 100. The van der Waals surface area contributed by atoms with Crippen LogP contribution in [0.25, 0.3) is 46.2 Å². The fourth-order valence-corrected chi connectivity index (χ4v) is 6.12. The molecule has 19 nitrogen and oxygen atoms in total. The number of nitrogens with zero attached hydrogens (tertiary/aromatic N) is 11. The van der Waals surface area contributed by atoms with Crippen LogP contribution < -0.4 is 14.8 Å². The molecule has 8 aromatic rings. The van der Waals surface area contributed by atoms with E-state index in [2.05, 4.69) is 55.2 Å². The molecule has 0 aliphatic rings. The summed E-state index contributed by atoms with van der Waals surface area (Å²) >= 11 is 0. The van der Waals surface area contributed by atoms with Gasteiger partial charge in [0.2, 0.25) is 23.3 Å². The normalized spacial score (nSPS) is 11.2. The Bertz CT molecular complexity index is 3020. The lowest BCUT2D eigenvalue weighted by molar-refractivity contribution is -0.275. The molecule has 1 N–H and O–H groups in total. The SMILES string of the molecule is CNC.COC(=O)c1cccc(Cn2nc(-c3nc(-c4ccc(OC(F)(F)F)cc4)no3)nc2C)c1.Cc1nc(-c2nc(-c3ccc(OC(F)(F)F)cc3)no2)nn1Cc1cccc(C(=O)N(C)C)c1. The topological polar surface area (TPSA) is 216 Å². The molecule has 25 heteroatoms. The van der Waals surface area contributed by atoms with Crippen LogP contribution in [0.2, 0.25) is 0 Å². The van der Waals surface area contributed by atoms with Crippen LogP contribution in [0, 0.1) is 13.8 Å². The molecule has 0 atom stereocenters. The molecule has 8 rings (SSSR count). The summed E-state index contributed by atoms with van der Waals surface area (Å²) in [5.41, 5.74) is 3.51. The smallest absolute Gasteiger partial charge is 0.465 e. The highest BCUT2D eigenvalue weighted by molar-refractivity contribution is 5.94. The number of ether oxygens (including phenoxy) is 3. The first-order chi connectivity index (χ1) is 33.2. The third-order valence-electron chi connectivity index (χ3n) is 9.23. The Labute approximate surface area is 394 Å². The van der Waals surface area contributed by atoms with Gasteiger partial charge in [-0.15, -0.1) is 36.5 Å². The van der Waals surface area contributed by atoms with E-state index in [0.29, 0.717) is 47.0 Å². The van der Waals surface area contributed by atoms with Gasteiger partial charge in [-0.05, 0) is 112 Å². The molecule has 4 aromatic heterocycles. The van der Waals surface area contributed by atoms with Crippen molar-refractivity contribution >= 4 is 11.9 Å². The van der Waals surface area contributed by atoms with Crippen LogP contribution in [0.5, 0.6) is 11.5 Å². The van der Waals surface area contributed by atoms with Crippen molar-refractivity contribution in [3.63, 3.8) is 0 Å². The van der Waals surface area contributed by atoms with Gasteiger partial charge < -0.3 is 33.5 Å². The Hall–Kier alpha value is -8.48. The lowest BCUT2D eigenvalue weighted by Gasteiger charge is -2.11. The van der Waals surface area contributed by atoms with E-state index >= 15 is 0 Å². The van der Waals surface area contributed by atoms with E-state index in [1.54, 1.807) is 73.7 Å². The third-order valence-corrected chi connectivity index (χ3v) is 9.23. The zero-order chi connectivity index (χ0) is 50.8. The fraction of sp³-hybridized carbons (Fsp3) is 0.244. The Morgan fingerprint density at radius 1 is 0.614 bits per heavy atom. The summed E-state index contributed by atoms with van der Waals surface area (Å²) in [7, 11) is 8.44. The van der Waals surface area contributed by atoms with Crippen LogP contribution in [0.4, 0.5) is 26.3 Å². The number of aryl methyl sites for hydroxylation is 2. The minimum atomic E-state index is -4.77. The first kappa shape index (κ1) is 50.9. The van der Waals surface area contributed by atoms with Gasteiger partial charge in [0.25, 0.3) is 17.7 Å². The molecule has 0 radical (unpaired) electrons. The molecule has 0 spiro atoms. The minimum Gasteiger partial charge on any atom is -0.465 e. The Kier molecular flexibility index (Phi) is 16.1. The maximum Gasteiger partial charge on any atom is 0.573 e. The Morgan fingerprint density at radius 3 is 1.40 bits per heavy atom. The molecular weight excluding hydrogens is 935 g/mol. The van der Waals surface area contributed by atoms with Gasteiger partial charge >= 0.3 is 18.7 Å². The number of hydrogen-bond acceptors (Lipinski definition) is 16. The number of benzene rings is 4. The van der Waals surface area contributed by atoms with Crippen LogP contribution in [0.1, 0.15) is 43.5 Å². The summed E-state index contributed by atoms with van der Waals surface area (Å²) in [5.74, 6) is 0.722. The summed E-state index contributed by atoms with van der Waals surface area (Å²) in [4.78, 5) is 42.6. The van der Waals surface area contributed by atoms with Gasteiger partial charge in [0.1, 0.15) is 23.1 Å². The van der Waals surface area contributed by atoms with Crippen molar-refractivity contribution in [2.24, 2.45) is 0 Å². The Balaban J connectivity index is 0.000000218. The Morgan fingerprint density at radius 2 is 1.01 bits per heavy atom. The number of amides is 1. The number of carbonyl (C=O) groups is 2. The molecule has 4 aromatic carbocycles. The zero-order valence-corrected chi connectivity index (χ0v) is 38.2. The van der Waals surface area contributed by atoms with Gasteiger partial charge in [0.05, 0.1) is 25.8 Å². The van der Waals surface area contributed by atoms with Crippen LogP contribution >= 0.6 is 0 Å². The second-order valence-corrected chi connectivity index (χ2v) is 14.9. The molecule has 0 saturated heterocycles. The maximum absolute atomic E-state index is 12.3. The van der Waals surface area contributed by atoms with Crippen molar-refractivity contribution in [2.45, 2.75) is 39.7 Å². The predicted octanol–water partition coefficient (Wildman–Crippen LogP) is 7.82. The molecule has 4 heterocycles. The number of halogens is 6. The summed E-state index contributed by atoms with van der Waals surface area (Å²) in [5, 5.41) is 19.2. The standard InChI is InChI=1S/C22H19F3N6O3.C21H16F3N5O4.C2H7N/c1-13-26-19(28-31(13)12-14-5-4-6-16(11-14)21(32)30(2)3)20-27-18(29-34-20)15-7-9-17(10-8-15)33-22(23,24)25;1-12-25-18(27-29(12)11-13-4-3-5-15(10-13)20(30)31-2)19-26-17(28-33-19)14-6-8-16(9-7-14)32-21(22,23)24;1-3-2/h4-11H,12H2,1-3H3;3-10H,11H2,1-2H3;3H,1-2H3. The van der Waals surface area contributed by atoms with E-state index in [1.165, 1.54) is 36.3 Å². The van der Waals surface area contributed by atoms with Crippen LogP contribution in [0.3, 0.4) is 0 Å². The van der Waals surface area contributed by atoms with Crippen molar-refractivity contribution in [3.8, 4) is 57.7 Å². The third kappa shape index (κ3) is 13.8. The van der Waals surface area contributed by atoms with Crippen LogP contribution in [-0.4, -0.2) is 115 Å². The number of methoxy groups -OCH3 is 1. The summed E-state index contributed by atoms with van der Waals surface area (Å²) in [6, 6.07) is 24.3. The number of aromatic nitrogens is 10. The van der Waals surface area contributed by atoms with Crippen LogP contribution in [-0.2, 0) is 17.8 Å². The van der Waals surface area contributed by atoms with Gasteiger partial charge in [-0.2, -0.15) is 9.97 Å². The van der Waals surface area contributed by atoms with E-state index in [4.69, 9.17) is 13.8 Å². The molecule has 0 aliphatic heterocycles. The monoisotopic (exact) mass is 976 g/mol. The van der Waals surface area contributed by atoms with Gasteiger partial charge in [0.15, 0.2) is 0 Å². The average Bonchev–Trinajstić information content (AvgIpc) is 4.14. The van der Waals surface area contributed by atoms with Gasteiger partial charge in [0, 0.05) is 30.8 Å². The quantitative estimate of drug-likeness (QED) is 0.0912. The van der Waals surface area contributed by atoms with Crippen molar-refractivity contribution in [2.75, 3.05) is 35.3 Å². The largest absolute Gasteiger partial charge is 0.573 e. The van der Waals surface area contributed by atoms with Gasteiger partial charge in [-0.3, -0.25) is 4.79 Å². The van der Waals surface area contributed by atoms with E-state index in [1.807, 2.05) is 26.2 Å². The van der Waals surface area contributed by atoms with Gasteiger partial charge in [-0.25, -0.2) is 24.1 Å². The first-order valence-electron chi connectivity index (χ1n) is 20.5. The van der Waals surface area contributed by atoms with Crippen molar-refractivity contribution in [3.05, 3.63) is 131 Å². The van der Waals surface area contributed by atoms with Crippen LogP contribution in [0.15, 0.2) is 106 Å². The van der Waals surface area contributed by atoms with Gasteiger partial charge in [-0.1, -0.05) is 34.6 Å².